The number of nitrogens with zero attached hydrogens (tertiary/aromatic N) is 1. The molecule has 3 N–H and O–H groups in total. The fourth-order valence-electron chi connectivity index (χ4n) is 3.46. The standard InChI is InChI=1S/C15H23N3OS/c1-2-6-17-15(19)14-12(16)7-13(20-14)18-8-10-4-3-5-11(10)9-18/h7,10-11H,2-6,8-9,16H2,1H3,(H,17,19). The number of carbonyl (C=O) groups is 1. The second-order valence-corrected chi connectivity index (χ2v) is 7.01. The Kier molecular flexibility index (Phi) is 3.87. The van der Waals surface area contributed by atoms with E-state index in [1.165, 1.54) is 24.3 Å². The van der Waals surface area contributed by atoms with E-state index >= 15 is 0 Å². The van der Waals surface area contributed by atoms with Crippen molar-refractivity contribution >= 4 is 27.9 Å². The van der Waals surface area contributed by atoms with Crippen LogP contribution in [0.2, 0.25) is 0 Å². The van der Waals surface area contributed by atoms with Gasteiger partial charge in [-0.15, -0.1) is 11.3 Å². The minimum Gasteiger partial charge on any atom is -0.397 e. The highest BCUT2D eigenvalue weighted by Crippen LogP contribution is 2.42. The second-order valence-electron chi connectivity index (χ2n) is 5.98. The molecule has 1 saturated heterocycles. The summed E-state index contributed by atoms with van der Waals surface area (Å²) in [6, 6.07) is 1.98. The van der Waals surface area contributed by atoms with E-state index in [-0.39, 0.29) is 5.91 Å². The summed E-state index contributed by atoms with van der Waals surface area (Å²) < 4.78 is 0. The van der Waals surface area contributed by atoms with Crippen LogP contribution in [0.3, 0.4) is 0 Å². The molecule has 110 valence electrons. The van der Waals surface area contributed by atoms with Gasteiger partial charge >= 0.3 is 0 Å². The smallest absolute Gasteiger partial charge is 0.263 e. The van der Waals surface area contributed by atoms with Crippen molar-refractivity contribution in [3.8, 4) is 0 Å². The maximum Gasteiger partial charge on any atom is 0.263 e. The highest BCUT2D eigenvalue weighted by Gasteiger charge is 2.36. The number of hydrogen-bond donors (Lipinski definition) is 2. The lowest BCUT2D eigenvalue weighted by atomic mass is 10.0. The van der Waals surface area contributed by atoms with E-state index in [4.69, 9.17) is 5.73 Å². The Hall–Kier alpha value is -1.23. The molecular formula is C15H23N3OS. The van der Waals surface area contributed by atoms with E-state index < -0.39 is 0 Å². The maximum atomic E-state index is 12.0. The van der Waals surface area contributed by atoms with Crippen molar-refractivity contribution < 1.29 is 4.79 Å². The normalized spacial score (nSPS) is 24.9. The second kappa shape index (κ2) is 5.64. The van der Waals surface area contributed by atoms with Gasteiger partial charge in [0.2, 0.25) is 0 Å². The van der Waals surface area contributed by atoms with Gasteiger partial charge in [-0.2, -0.15) is 0 Å². The van der Waals surface area contributed by atoms with Crippen LogP contribution in [0.15, 0.2) is 6.07 Å². The van der Waals surface area contributed by atoms with Gasteiger partial charge in [0.25, 0.3) is 5.91 Å². The highest BCUT2D eigenvalue weighted by atomic mass is 32.1. The Morgan fingerprint density at radius 3 is 2.80 bits per heavy atom. The molecule has 2 fully saturated rings. The van der Waals surface area contributed by atoms with E-state index in [0.717, 1.165) is 31.3 Å². The fourth-order valence-corrected chi connectivity index (χ4v) is 4.47. The highest BCUT2D eigenvalue weighted by molar-refractivity contribution is 7.18. The minimum absolute atomic E-state index is 0.0278. The van der Waals surface area contributed by atoms with E-state index in [9.17, 15) is 4.79 Å². The van der Waals surface area contributed by atoms with Crippen LogP contribution in [0.25, 0.3) is 0 Å². The van der Waals surface area contributed by atoms with Gasteiger partial charge in [-0.25, -0.2) is 0 Å². The molecule has 1 saturated carbocycles. The third-order valence-electron chi connectivity index (χ3n) is 4.53. The first-order valence-electron chi connectivity index (χ1n) is 7.61. The Balaban J connectivity index is 1.71. The van der Waals surface area contributed by atoms with E-state index in [2.05, 4.69) is 10.2 Å². The molecule has 1 amide bonds. The van der Waals surface area contributed by atoms with Crippen molar-refractivity contribution in [2.45, 2.75) is 32.6 Å². The van der Waals surface area contributed by atoms with Crippen LogP contribution in [0.1, 0.15) is 42.3 Å². The monoisotopic (exact) mass is 293 g/mol. The first-order valence-corrected chi connectivity index (χ1v) is 8.43. The van der Waals surface area contributed by atoms with E-state index in [1.54, 1.807) is 11.3 Å². The topological polar surface area (TPSA) is 58.4 Å². The number of fused-ring (bicyclic) bond motifs is 1. The van der Waals surface area contributed by atoms with Gasteiger partial charge in [-0.3, -0.25) is 4.79 Å². The minimum atomic E-state index is -0.0278. The van der Waals surface area contributed by atoms with Crippen molar-refractivity contribution in [2.75, 3.05) is 30.3 Å². The summed E-state index contributed by atoms with van der Waals surface area (Å²) in [5, 5.41) is 4.07. The summed E-state index contributed by atoms with van der Waals surface area (Å²) in [7, 11) is 0. The van der Waals surface area contributed by atoms with Gasteiger partial charge < -0.3 is 16.0 Å². The molecule has 0 spiro atoms. The number of thiophene rings is 1. The van der Waals surface area contributed by atoms with E-state index in [1.807, 2.05) is 13.0 Å². The zero-order valence-electron chi connectivity index (χ0n) is 12.0. The van der Waals surface area contributed by atoms with Gasteiger partial charge in [0.1, 0.15) is 4.88 Å². The van der Waals surface area contributed by atoms with Crippen molar-refractivity contribution in [1.29, 1.82) is 0 Å². The Morgan fingerprint density at radius 2 is 2.15 bits per heavy atom. The average molecular weight is 293 g/mol. The predicted octanol–water partition coefficient (Wildman–Crippen LogP) is 2.71. The van der Waals surface area contributed by atoms with Crippen LogP contribution in [0, 0.1) is 11.8 Å². The lowest BCUT2D eigenvalue weighted by molar-refractivity contribution is 0.0958. The number of rotatable bonds is 4. The number of carbonyl (C=O) groups excluding carboxylic acids is 1. The van der Waals surface area contributed by atoms with Gasteiger partial charge in [-0.1, -0.05) is 13.3 Å². The molecule has 2 heterocycles. The molecule has 5 heteroatoms. The number of anilines is 2. The summed E-state index contributed by atoms with van der Waals surface area (Å²) in [6.45, 7) is 5.03. The molecule has 2 unspecified atom stereocenters. The molecule has 1 aliphatic carbocycles. The summed E-state index contributed by atoms with van der Waals surface area (Å²) >= 11 is 1.54. The van der Waals surface area contributed by atoms with Crippen LogP contribution in [0.5, 0.6) is 0 Å². The van der Waals surface area contributed by atoms with Crippen LogP contribution in [-0.2, 0) is 0 Å². The number of nitrogens with two attached hydrogens (primary N) is 1. The van der Waals surface area contributed by atoms with Crippen LogP contribution in [0.4, 0.5) is 10.7 Å². The Bertz CT molecular complexity index is 487. The number of hydrogen-bond acceptors (Lipinski definition) is 4. The third-order valence-corrected chi connectivity index (χ3v) is 5.74. The zero-order chi connectivity index (χ0) is 14.1. The molecule has 1 aromatic heterocycles. The molecule has 1 aromatic rings. The summed E-state index contributed by atoms with van der Waals surface area (Å²) in [5.74, 6) is 1.69. The van der Waals surface area contributed by atoms with Crippen molar-refractivity contribution in [1.82, 2.24) is 5.32 Å². The SMILES string of the molecule is CCCNC(=O)c1sc(N2CC3CCCC3C2)cc1N. The molecule has 0 bridgehead atoms. The molecule has 0 radical (unpaired) electrons. The van der Waals surface area contributed by atoms with Crippen LogP contribution >= 0.6 is 11.3 Å². The van der Waals surface area contributed by atoms with Crippen LogP contribution < -0.4 is 16.0 Å². The number of amides is 1. The molecule has 4 nitrogen and oxygen atoms in total. The fraction of sp³-hybridized carbons (Fsp3) is 0.667. The number of nitrogens with one attached hydrogen (secondary N) is 1. The third kappa shape index (κ3) is 2.51. The lowest BCUT2D eigenvalue weighted by Crippen LogP contribution is -2.23. The molecular weight excluding hydrogens is 270 g/mol. The Morgan fingerprint density at radius 1 is 1.45 bits per heavy atom. The molecule has 0 aromatic carbocycles. The van der Waals surface area contributed by atoms with Gasteiger partial charge in [0, 0.05) is 19.6 Å². The predicted molar refractivity (Wildman–Crippen MR) is 84.4 cm³/mol. The first-order chi connectivity index (χ1) is 9.69. The summed E-state index contributed by atoms with van der Waals surface area (Å²) in [5.41, 5.74) is 6.64. The van der Waals surface area contributed by atoms with Crippen molar-refractivity contribution in [2.24, 2.45) is 11.8 Å². The van der Waals surface area contributed by atoms with E-state index in [0.29, 0.717) is 17.1 Å². The summed E-state index contributed by atoms with van der Waals surface area (Å²) in [4.78, 5) is 15.1. The van der Waals surface area contributed by atoms with Gasteiger partial charge in [0.05, 0.1) is 10.7 Å². The van der Waals surface area contributed by atoms with Gasteiger partial charge in [0.15, 0.2) is 0 Å². The molecule has 1 aliphatic heterocycles. The average Bonchev–Trinajstić information content (AvgIpc) is 3.08. The quantitative estimate of drug-likeness (QED) is 0.897. The lowest BCUT2D eigenvalue weighted by Gasteiger charge is -2.16. The van der Waals surface area contributed by atoms with Gasteiger partial charge in [-0.05, 0) is 37.2 Å². The zero-order valence-corrected chi connectivity index (χ0v) is 12.8. The first kappa shape index (κ1) is 13.7. The summed E-state index contributed by atoms with van der Waals surface area (Å²) in [6.07, 6.45) is 5.07. The largest absolute Gasteiger partial charge is 0.397 e. The molecule has 2 atom stereocenters. The molecule has 3 rings (SSSR count). The van der Waals surface area contributed by atoms with Crippen LogP contribution in [-0.4, -0.2) is 25.5 Å². The molecule has 20 heavy (non-hydrogen) atoms. The van der Waals surface area contributed by atoms with Crippen molar-refractivity contribution in [3.05, 3.63) is 10.9 Å². The Labute approximate surface area is 124 Å². The van der Waals surface area contributed by atoms with Crippen molar-refractivity contribution in [3.63, 3.8) is 0 Å². The molecule has 2 aliphatic rings. The maximum absolute atomic E-state index is 12.0. The number of nitrogen functional groups attached to an aromatic ring is 1.